The van der Waals surface area contributed by atoms with Crippen LogP contribution in [0.2, 0.25) is 0 Å². The molecule has 0 aliphatic carbocycles. The molecule has 1 amide bonds. The van der Waals surface area contributed by atoms with Crippen LogP contribution in [-0.2, 0) is 58.9 Å². The molecule has 0 aliphatic heterocycles. The minimum absolute atomic E-state index is 0.00924. The Bertz CT molecular complexity index is 838. The maximum absolute atomic E-state index is 11.6. The summed E-state index contributed by atoms with van der Waals surface area (Å²) in [6.07, 6.45) is -1.15. The maximum Gasteiger partial charge on any atom is 0.407 e. The Labute approximate surface area is 239 Å². The number of aliphatic carboxylic acids is 1. The highest BCUT2D eigenvalue weighted by atomic mass is 16.6. The van der Waals surface area contributed by atoms with E-state index in [-0.39, 0.29) is 32.7 Å². The van der Waals surface area contributed by atoms with E-state index in [0.717, 1.165) is 5.56 Å². The van der Waals surface area contributed by atoms with Gasteiger partial charge in [0.15, 0.2) is 0 Å². The summed E-state index contributed by atoms with van der Waals surface area (Å²) in [6.45, 7) is 5.09. The molecule has 0 atom stereocenters. The molecule has 1 rings (SSSR count). The van der Waals surface area contributed by atoms with Crippen molar-refractivity contribution in [2.24, 2.45) is 0 Å². The average Bonchev–Trinajstić information content (AvgIpc) is 2.97. The molecule has 2 N–H and O–H groups in total. The van der Waals surface area contributed by atoms with E-state index in [1.165, 1.54) is 0 Å². The summed E-state index contributed by atoms with van der Waals surface area (Å²) in [6, 6.07) is 9.43. The van der Waals surface area contributed by atoms with Crippen molar-refractivity contribution in [3.8, 4) is 0 Å². The molecule has 0 unspecified atom stereocenters. The lowest BCUT2D eigenvalue weighted by molar-refractivity contribution is -0.151. The van der Waals surface area contributed by atoms with Crippen LogP contribution in [-0.4, -0.2) is 121 Å². The number of benzene rings is 1. The van der Waals surface area contributed by atoms with Gasteiger partial charge in [-0.3, -0.25) is 9.59 Å². The van der Waals surface area contributed by atoms with Gasteiger partial charge in [0.1, 0.15) is 13.2 Å². The standard InChI is InChI=1S/C27H41NO13/c29-24(26(31)32)6-7-25(30)40-21-20-39-19-18-38-17-16-37-15-14-36-13-12-35-11-10-34-9-8-28-27(33)41-22-23-4-2-1-3-5-23/h1-5H,6-22H2,(H,28,33)(H,31,32). The fraction of sp³-hybridized carbons (Fsp3) is 0.630. The minimum atomic E-state index is -1.57. The normalized spacial score (nSPS) is 10.7. The minimum Gasteiger partial charge on any atom is -0.476 e. The third-order valence-electron chi connectivity index (χ3n) is 4.87. The van der Waals surface area contributed by atoms with E-state index >= 15 is 0 Å². The van der Waals surface area contributed by atoms with Crippen LogP contribution in [0.4, 0.5) is 4.79 Å². The second-order valence-corrected chi connectivity index (χ2v) is 8.11. The molecule has 0 radical (unpaired) electrons. The number of carboxylic acids is 1. The van der Waals surface area contributed by atoms with Crippen LogP contribution in [0.5, 0.6) is 0 Å². The smallest absolute Gasteiger partial charge is 0.407 e. The van der Waals surface area contributed by atoms with Crippen molar-refractivity contribution in [3.05, 3.63) is 35.9 Å². The zero-order valence-corrected chi connectivity index (χ0v) is 23.3. The van der Waals surface area contributed by atoms with E-state index in [1.54, 1.807) is 0 Å². The van der Waals surface area contributed by atoms with Crippen LogP contribution in [0.25, 0.3) is 0 Å². The van der Waals surface area contributed by atoms with Gasteiger partial charge in [-0.2, -0.15) is 0 Å². The highest BCUT2D eigenvalue weighted by molar-refractivity contribution is 6.32. The molecule has 0 fully saturated rings. The quantitative estimate of drug-likeness (QED) is 0.0848. The summed E-state index contributed by atoms with van der Waals surface area (Å²) in [5, 5.41) is 11.0. The van der Waals surface area contributed by atoms with Crippen LogP contribution >= 0.6 is 0 Å². The van der Waals surface area contributed by atoms with Crippen molar-refractivity contribution in [3.63, 3.8) is 0 Å². The molecular formula is C27H41NO13. The predicted molar refractivity (Wildman–Crippen MR) is 142 cm³/mol. The van der Waals surface area contributed by atoms with Crippen molar-refractivity contribution >= 4 is 23.8 Å². The van der Waals surface area contributed by atoms with Gasteiger partial charge in [0.2, 0.25) is 5.78 Å². The maximum atomic E-state index is 11.6. The van der Waals surface area contributed by atoms with Crippen molar-refractivity contribution in [2.45, 2.75) is 19.4 Å². The van der Waals surface area contributed by atoms with Crippen molar-refractivity contribution in [1.29, 1.82) is 0 Å². The van der Waals surface area contributed by atoms with Gasteiger partial charge in [0.05, 0.1) is 85.7 Å². The summed E-state index contributed by atoms with van der Waals surface area (Å²) in [5.74, 6) is -3.25. The Morgan fingerprint density at radius 1 is 0.585 bits per heavy atom. The van der Waals surface area contributed by atoms with E-state index in [1.807, 2.05) is 30.3 Å². The second kappa shape index (κ2) is 25.8. The first-order valence-corrected chi connectivity index (χ1v) is 13.3. The number of alkyl carbamates (subject to hydrolysis) is 1. The van der Waals surface area contributed by atoms with Gasteiger partial charge in [0.25, 0.3) is 0 Å². The largest absolute Gasteiger partial charge is 0.476 e. The Morgan fingerprint density at radius 2 is 1.05 bits per heavy atom. The van der Waals surface area contributed by atoms with Crippen LogP contribution in [0.3, 0.4) is 0 Å². The summed E-state index contributed by atoms with van der Waals surface area (Å²) in [5.41, 5.74) is 0.922. The molecule has 0 aromatic heterocycles. The number of carbonyl (C=O) groups is 4. The molecule has 14 heteroatoms. The number of esters is 1. The van der Waals surface area contributed by atoms with Gasteiger partial charge >= 0.3 is 18.0 Å². The average molecular weight is 588 g/mol. The topological polar surface area (TPSA) is 174 Å². The van der Waals surface area contributed by atoms with Gasteiger partial charge in [0, 0.05) is 13.0 Å². The van der Waals surface area contributed by atoms with E-state index in [9.17, 15) is 19.2 Å². The Morgan fingerprint density at radius 3 is 1.54 bits per heavy atom. The van der Waals surface area contributed by atoms with Gasteiger partial charge < -0.3 is 48.3 Å². The first-order valence-electron chi connectivity index (χ1n) is 13.3. The number of rotatable bonds is 27. The number of nitrogens with one attached hydrogen (secondary N) is 1. The zero-order chi connectivity index (χ0) is 29.8. The van der Waals surface area contributed by atoms with Crippen LogP contribution < -0.4 is 5.32 Å². The molecule has 14 nitrogen and oxygen atoms in total. The number of amides is 1. The summed E-state index contributed by atoms with van der Waals surface area (Å²) < 4.78 is 42.1. The lowest BCUT2D eigenvalue weighted by atomic mass is 10.2. The highest BCUT2D eigenvalue weighted by Crippen LogP contribution is 2.00. The molecule has 0 aliphatic rings. The first-order chi connectivity index (χ1) is 20.0. The Balaban J connectivity index is 1.71. The van der Waals surface area contributed by atoms with Crippen molar-refractivity contribution in [2.75, 3.05) is 92.4 Å². The van der Waals surface area contributed by atoms with Crippen LogP contribution in [0.1, 0.15) is 18.4 Å². The van der Waals surface area contributed by atoms with Crippen LogP contribution in [0.15, 0.2) is 30.3 Å². The zero-order valence-electron chi connectivity index (χ0n) is 23.3. The molecule has 1 aromatic rings. The number of hydrogen-bond donors (Lipinski definition) is 2. The van der Waals surface area contributed by atoms with E-state index < -0.39 is 23.8 Å². The molecule has 0 spiro atoms. The van der Waals surface area contributed by atoms with Gasteiger partial charge in [-0.25, -0.2) is 9.59 Å². The van der Waals surface area contributed by atoms with Crippen molar-refractivity contribution in [1.82, 2.24) is 5.32 Å². The van der Waals surface area contributed by atoms with Gasteiger partial charge in [-0.15, -0.1) is 0 Å². The van der Waals surface area contributed by atoms with E-state index in [0.29, 0.717) is 79.2 Å². The monoisotopic (exact) mass is 587 g/mol. The van der Waals surface area contributed by atoms with Gasteiger partial charge in [-0.05, 0) is 5.56 Å². The summed E-state index contributed by atoms with van der Waals surface area (Å²) in [7, 11) is 0. The van der Waals surface area contributed by atoms with Gasteiger partial charge in [-0.1, -0.05) is 30.3 Å². The summed E-state index contributed by atoms with van der Waals surface area (Å²) in [4.78, 5) is 44.2. The van der Waals surface area contributed by atoms with Crippen molar-refractivity contribution < 1.29 is 62.2 Å². The fourth-order valence-electron chi connectivity index (χ4n) is 2.81. The first kappa shape index (κ1) is 35.9. The lowest BCUT2D eigenvalue weighted by Crippen LogP contribution is -2.28. The lowest BCUT2D eigenvalue weighted by Gasteiger charge is -2.09. The number of ether oxygens (including phenoxy) is 8. The Hall–Kier alpha value is -3.14. The fourth-order valence-corrected chi connectivity index (χ4v) is 2.81. The SMILES string of the molecule is O=C(CCC(=O)C(=O)O)OCCOCCOCCOCCOCCOCCOCCNC(=O)OCc1ccccc1. The van der Waals surface area contributed by atoms with E-state index in [4.69, 9.17) is 43.0 Å². The number of hydrogen-bond acceptors (Lipinski definition) is 12. The molecular weight excluding hydrogens is 546 g/mol. The molecule has 1 aromatic carbocycles. The molecule has 232 valence electrons. The molecule has 0 saturated carbocycles. The summed E-state index contributed by atoms with van der Waals surface area (Å²) >= 11 is 0. The molecule has 41 heavy (non-hydrogen) atoms. The third-order valence-corrected chi connectivity index (χ3v) is 4.87. The second-order valence-electron chi connectivity index (χ2n) is 8.11. The number of carbonyl (C=O) groups excluding carboxylic acids is 3. The van der Waals surface area contributed by atoms with Crippen LogP contribution in [0, 0.1) is 0 Å². The number of ketones is 1. The molecule has 0 saturated heterocycles. The molecule has 0 bridgehead atoms. The number of Topliss-reactive ketones (excluding diaryl/α,β-unsaturated/α-hetero) is 1. The Kier molecular flexibility index (Phi) is 22.6. The predicted octanol–water partition coefficient (Wildman–Crippen LogP) is 0.990. The number of carboxylic acid groups (broad SMARTS) is 1. The third kappa shape index (κ3) is 23.3. The van der Waals surface area contributed by atoms with E-state index in [2.05, 4.69) is 5.32 Å². The highest BCUT2D eigenvalue weighted by Gasteiger charge is 2.14. The molecule has 0 heterocycles.